The molecule has 4 nitrogen and oxygen atoms in total. The highest BCUT2D eigenvalue weighted by Gasteiger charge is 2.14. The van der Waals surface area contributed by atoms with E-state index in [4.69, 9.17) is 0 Å². The number of benzene rings is 2. The van der Waals surface area contributed by atoms with Crippen molar-refractivity contribution in [3.63, 3.8) is 0 Å². The summed E-state index contributed by atoms with van der Waals surface area (Å²) in [4.78, 5) is 22.5. The first-order valence-corrected chi connectivity index (χ1v) is 6.79. The summed E-state index contributed by atoms with van der Waals surface area (Å²) in [7, 11) is 0. The van der Waals surface area contributed by atoms with Crippen molar-refractivity contribution >= 4 is 27.4 Å². The highest BCUT2D eigenvalue weighted by atomic mass is 79.9. The van der Waals surface area contributed by atoms with E-state index < -0.39 is 4.92 Å². The molecule has 0 aromatic heterocycles. The van der Waals surface area contributed by atoms with Gasteiger partial charge in [0.2, 0.25) is 0 Å². The van der Waals surface area contributed by atoms with Gasteiger partial charge in [0.25, 0.3) is 5.69 Å². The van der Waals surface area contributed by atoms with Crippen LogP contribution < -0.4 is 0 Å². The lowest BCUT2D eigenvalue weighted by Crippen LogP contribution is -2.06. The summed E-state index contributed by atoms with van der Waals surface area (Å²) in [6, 6.07) is 11.8. The van der Waals surface area contributed by atoms with Gasteiger partial charge in [-0.1, -0.05) is 28.1 Å². The number of aryl methyl sites for hydroxylation is 1. The Bertz CT molecular complexity index is 683. The normalized spacial score (nSPS) is 10.3. The maximum atomic E-state index is 12.2. The number of nitrogens with zero attached hydrogens (tertiary/aromatic N) is 1. The first-order valence-electron chi connectivity index (χ1n) is 6.00. The van der Waals surface area contributed by atoms with Crippen molar-refractivity contribution < 1.29 is 9.72 Å². The molecular formula is C15H12BrNO3. The number of hydrogen-bond donors (Lipinski definition) is 0. The molecule has 0 spiro atoms. The van der Waals surface area contributed by atoms with Crippen LogP contribution in [0.2, 0.25) is 0 Å². The van der Waals surface area contributed by atoms with E-state index in [2.05, 4.69) is 15.9 Å². The molecule has 0 unspecified atom stereocenters. The molecule has 0 heterocycles. The number of hydrogen-bond acceptors (Lipinski definition) is 3. The van der Waals surface area contributed by atoms with Crippen LogP contribution in [0.5, 0.6) is 0 Å². The lowest BCUT2D eigenvalue weighted by Gasteiger charge is -2.05. The molecule has 0 aliphatic carbocycles. The van der Waals surface area contributed by atoms with E-state index in [1.807, 2.05) is 24.3 Å². The van der Waals surface area contributed by atoms with Gasteiger partial charge in [0, 0.05) is 28.6 Å². The summed E-state index contributed by atoms with van der Waals surface area (Å²) < 4.78 is 0.920. The van der Waals surface area contributed by atoms with Gasteiger partial charge in [0.05, 0.1) is 4.92 Å². The van der Waals surface area contributed by atoms with E-state index in [9.17, 15) is 14.9 Å². The fourth-order valence-corrected chi connectivity index (χ4v) is 2.45. The Hall–Kier alpha value is -2.01. The van der Waals surface area contributed by atoms with Crippen LogP contribution in [0, 0.1) is 17.0 Å². The SMILES string of the molecule is Cc1cc([N+](=O)[O-])ccc1C(=O)Cc1cccc(Br)c1. The molecule has 0 aliphatic rings. The fraction of sp³-hybridized carbons (Fsp3) is 0.133. The highest BCUT2D eigenvalue weighted by Crippen LogP contribution is 2.19. The lowest BCUT2D eigenvalue weighted by atomic mass is 9.99. The third-order valence-electron chi connectivity index (χ3n) is 2.97. The zero-order valence-electron chi connectivity index (χ0n) is 10.8. The van der Waals surface area contributed by atoms with Crippen LogP contribution in [0.4, 0.5) is 5.69 Å². The number of carbonyl (C=O) groups excluding carboxylic acids is 1. The number of Topliss-reactive ketones (excluding diaryl/α,β-unsaturated/α-hetero) is 1. The van der Waals surface area contributed by atoms with Gasteiger partial charge in [-0.05, 0) is 36.2 Å². The molecule has 0 aliphatic heterocycles. The monoisotopic (exact) mass is 333 g/mol. The molecule has 0 N–H and O–H groups in total. The van der Waals surface area contributed by atoms with Crippen LogP contribution in [0.15, 0.2) is 46.9 Å². The second-order valence-electron chi connectivity index (χ2n) is 4.49. The predicted molar refractivity (Wildman–Crippen MR) is 80.0 cm³/mol. The van der Waals surface area contributed by atoms with Crippen molar-refractivity contribution in [3.05, 3.63) is 73.7 Å². The standard InChI is InChI=1S/C15H12BrNO3/c1-10-7-13(17(19)20)5-6-14(10)15(18)9-11-3-2-4-12(16)8-11/h2-8H,9H2,1H3. The van der Waals surface area contributed by atoms with E-state index in [0.29, 0.717) is 11.1 Å². The summed E-state index contributed by atoms with van der Waals surface area (Å²) in [6.45, 7) is 1.71. The molecule has 0 saturated carbocycles. The molecule has 5 heteroatoms. The van der Waals surface area contributed by atoms with Crippen LogP contribution in [-0.2, 0) is 6.42 Å². The molecule has 0 radical (unpaired) electrons. The Morgan fingerprint density at radius 2 is 2.00 bits per heavy atom. The van der Waals surface area contributed by atoms with Gasteiger partial charge in [0.15, 0.2) is 5.78 Å². The molecular weight excluding hydrogens is 322 g/mol. The summed E-state index contributed by atoms with van der Waals surface area (Å²) in [5, 5.41) is 10.7. The number of nitro benzene ring substituents is 1. The molecule has 0 bridgehead atoms. The van der Waals surface area contributed by atoms with Crippen LogP contribution in [-0.4, -0.2) is 10.7 Å². The average Bonchev–Trinajstić information content (AvgIpc) is 2.38. The number of rotatable bonds is 4. The van der Waals surface area contributed by atoms with Crippen molar-refractivity contribution in [2.75, 3.05) is 0 Å². The molecule has 2 rings (SSSR count). The Morgan fingerprint density at radius 1 is 1.25 bits per heavy atom. The number of non-ortho nitro benzene ring substituents is 1. The molecule has 0 saturated heterocycles. The van der Waals surface area contributed by atoms with Gasteiger partial charge >= 0.3 is 0 Å². The van der Waals surface area contributed by atoms with Crippen molar-refractivity contribution in [2.24, 2.45) is 0 Å². The minimum atomic E-state index is -0.463. The zero-order chi connectivity index (χ0) is 14.7. The molecule has 20 heavy (non-hydrogen) atoms. The number of nitro groups is 1. The Morgan fingerprint density at radius 3 is 2.60 bits per heavy atom. The Balaban J connectivity index is 2.23. The average molecular weight is 334 g/mol. The molecule has 2 aromatic rings. The summed E-state index contributed by atoms with van der Waals surface area (Å²) in [5.74, 6) is -0.0458. The molecule has 0 atom stereocenters. The minimum Gasteiger partial charge on any atom is -0.294 e. The summed E-state index contributed by atoms with van der Waals surface area (Å²) in [5.41, 5.74) is 2.05. The third-order valence-corrected chi connectivity index (χ3v) is 3.47. The van der Waals surface area contributed by atoms with Crippen LogP contribution in [0.3, 0.4) is 0 Å². The molecule has 102 valence electrons. The first-order chi connectivity index (χ1) is 9.47. The van der Waals surface area contributed by atoms with Crippen molar-refractivity contribution in [2.45, 2.75) is 13.3 Å². The predicted octanol–water partition coefficient (Wildman–Crippen LogP) is 4.09. The van der Waals surface area contributed by atoms with Gasteiger partial charge in [-0.15, -0.1) is 0 Å². The first kappa shape index (κ1) is 14.4. The highest BCUT2D eigenvalue weighted by molar-refractivity contribution is 9.10. The van der Waals surface area contributed by atoms with Gasteiger partial charge in [0.1, 0.15) is 0 Å². The van der Waals surface area contributed by atoms with E-state index in [1.165, 1.54) is 18.2 Å². The van der Waals surface area contributed by atoms with E-state index in [1.54, 1.807) is 6.92 Å². The third kappa shape index (κ3) is 3.30. The smallest absolute Gasteiger partial charge is 0.269 e. The number of halogens is 1. The fourth-order valence-electron chi connectivity index (χ4n) is 2.00. The van der Waals surface area contributed by atoms with Gasteiger partial charge in [-0.2, -0.15) is 0 Å². The van der Waals surface area contributed by atoms with Crippen molar-refractivity contribution in [1.82, 2.24) is 0 Å². The van der Waals surface area contributed by atoms with Crippen molar-refractivity contribution in [3.8, 4) is 0 Å². The van der Waals surface area contributed by atoms with E-state index in [-0.39, 0.29) is 17.9 Å². The van der Waals surface area contributed by atoms with Gasteiger partial charge in [-0.25, -0.2) is 0 Å². The summed E-state index contributed by atoms with van der Waals surface area (Å²) in [6.07, 6.45) is 0.276. The molecule has 2 aromatic carbocycles. The number of carbonyl (C=O) groups is 1. The second kappa shape index (κ2) is 5.96. The minimum absolute atomic E-state index is 0.00139. The topological polar surface area (TPSA) is 60.2 Å². The molecule has 0 amide bonds. The maximum absolute atomic E-state index is 12.2. The van der Waals surface area contributed by atoms with Crippen LogP contribution in [0.1, 0.15) is 21.5 Å². The van der Waals surface area contributed by atoms with Crippen molar-refractivity contribution in [1.29, 1.82) is 0 Å². The summed E-state index contributed by atoms with van der Waals surface area (Å²) >= 11 is 3.36. The van der Waals surface area contributed by atoms with Crippen LogP contribution >= 0.6 is 15.9 Å². The Labute approximate surface area is 124 Å². The maximum Gasteiger partial charge on any atom is 0.269 e. The van der Waals surface area contributed by atoms with E-state index >= 15 is 0 Å². The van der Waals surface area contributed by atoms with Gasteiger partial charge < -0.3 is 0 Å². The van der Waals surface area contributed by atoms with Crippen LogP contribution in [0.25, 0.3) is 0 Å². The van der Waals surface area contributed by atoms with E-state index in [0.717, 1.165) is 10.0 Å². The quantitative estimate of drug-likeness (QED) is 0.481. The lowest BCUT2D eigenvalue weighted by molar-refractivity contribution is -0.384. The van der Waals surface area contributed by atoms with Gasteiger partial charge in [-0.3, -0.25) is 14.9 Å². The second-order valence-corrected chi connectivity index (χ2v) is 5.40. The molecule has 0 fully saturated rings. The zero-order valence-corrected chi connectivity index (χ0v) is 12.4. The number of ketones is 1. The largest absolute Gasteiger partial charge is 0.294 e. The Kier molecular flexibility index (Phi) is 4.29.